The van der Waals surface area contributed by atoms with E-state index >= 15 is 0 Å². The molecule has 152 valence electrons. The highest BCUT2D eigenvalue weighted by atomic mass is 35.5. The highest BCUT2D eigenvalue weighted by Gasteiger charge is 2.25. The van der Waals surface area contributed by atoms with Crippen LogP contribution in [0.2, 0.25) is 5.02 Å². The number of pyridine rings is 1. The van der Waals surface area contributed by atoms with Gasteiger partial charge >= 0.3 is 0 Å². The van der Waals surface area contributed by atoms with Crippen LogP contribution < -0.4 is 10.6 Å². The zero-order valence-corrected chi connectivity index (χ0v) is 17.7. The van der Waals surface area contributed by atoms with E-state index < -0.39 is 0 Å². The fourth-order valence-corrected chi connectivity index (χ4v) is 4.69. The van der Waals surface area contributed by atoms with Gasteiger partial charge in [-0.1, -0.05) is 41.9 Å². The van der Waals surface area contributed by atoms with Gasteiger partial charge in [0.05, 0.1) is 5.52 Å². The summed E-state index contributed by atoms with van der Waals surface area (Å²) in [5.74, 6) is 0. The summed E-state index contributed by atoms with van der Waals surface area (Å²) in [5, 5.41) is 1.93. The predicted octanol–water partition coefficient (Wildman–Crippen LogP) is 5.99. The van der Waals surface area contributed by atoms with Crippen molar-refractivity contribution in [3.05, 3.63) is 71.4 Å². The molecule has 3 nitrogen and oxygen atoms in total. The van der Waals surface area contributed by atoms with Crippen LogP contribution in [0.5, 0.6) is 0 Å². The number of aryl methyl sites for hydroxylation is 1. The lowest BCUT2D eigenvalue weighted by Gasteiger charge is -2.38. The van der Waals surface area contributed by atoms with E-state index in [0.717, 1.165) is 49.2 Å². The van der Waals surface area contributed by atoms with E-state index in [1.807, 2.05) is 18.3 Å². The van der Waals surface area contributed by atoms with Gasteiger partial charge in [-0.05, 0) is 74.8 Å². The molecule has 0 bridgehead atoms. The third-order valence-corrected chi connectivity index (χ3v) is 6.37. The molecule has 0 aliphatic heterocycles. The first kappa shape index (κ1) is 20.2. The van der Waals surface area contributed by atoms with Gasteiger partial charge in [0.25, 0.3) is 0 Å². The van der Waals surface area contributed by atoms with Gasteiger partial charge in [0.1, 0.15) is 0 Å². The number of halogens is 1. The van der Waals surface area contributed by atoms with Gasteiger partial charge < -0.3 is 10.6 Å². The molecule has 0 unspecified atom stereocenters. The number of nitrogens with two attached hydrogens (primary N) is 1. The second-order valence-electron chi connectivity index (χ2n) is 8.20. The first-order chi connectivity index (χ1) is 14.2. The van der Waals surface area contributed by atoms with E-state index in [9.17, 15) is 0 Å². The molecule has 3 aromatic rings. The molecule has 4 heteroatoms. The van der Waals surface area contributed by atoms with Gasteiger partial charge in [-0.15, -0.1) is 0 Å². The molecular formula is C25H30ClN3. The summed E-state index contributed by atoms with van der Waals surface area (Å²) >= 11 is 6.21. The average molecular weight is 408 g/mol. The summed E-state index contributed by atoms with van der Waals surface area (Å²) < 4.78 is 0. The lowest BCUT2D eigenvalue weighted by molar-refractivity contribution is 0.374. The maximum atomic E-state index is 6.21. The van der Waals surface area contributed by atoms with Crippen LogP contribution in [0.15, 0.2) is 60.8 Å². The maximum Gasteiger partial charge on any atom is 0.0737 e. The van der Waals surface area contributed by atoms with Crippen LogP contribution in [0.3, 0.4) is 0 Å². The highest BCUT2D eigenvalue weighted by molar-refractivity contribution is 6.31. The van der Waals surface area contributed by atoms with Gasteiger partial charge in [0, 0.05) is 40.9 Å². The van der Waals surface area contributed by atoms with E-state index in [0.29, 0.717) is 12.1 Å². The molecule has 1 fully saturated rings. The molecule has 0 spiro atoms. The molecule has 29 heavy (non-hydrogen) atoms. The zero-order chi connectivity index (χ0) is 20.1. The number of anilines is 1. The van der Waals surface area contributed by atoms with E-state index in [2.05, 4.69) is 52.3 Å². The fraction of sp³-hybridized carbons (Fsp3) is 0.400. The monoisotopic (exact) mass is 407 g/mol. The molecule has 0 saturated heterocycles. The summed E-state index contributed by atoms with van der Waals surface area (Å²) in [6.07, 6.45) is 9.97. The molecule has 2 aromatic carbocycles. The quantitative estimate of drug-likeness (QED) is 0.489. The summed E-state index contributed by atoms with van der Waals surface area (Å²) in [6, 6.07) is 19.9. The predicted molar refractivity (Wildman–Crippen MR) is 124 cm³/mol. The van der Waals surface area contributed by atoms with Crippen molar-refractivity contribution in [3.8, 4) is 0 Å². The smallest absolute Gasteiger partial charge is 0.0737 e. The third kappa shape index (κ3) is 5.09. The molecule has 0 radical (unpaired) electrons. The Kier molecular flexibility index (Phi) is 6.68. The SMILES string of the molecule is NC1CCC(N(CCCCc2ccccc2)c2ccnc3cc(Cl)ccc23)CC1. The Morgan fingerprint density at radius 3 is 2.55 bits per heavy atom. The van der Waals surface area contributed by atoms with Gasteiger partial charge in [-0.2, -0.15) is 0 Å². The molecule has 2 N–H and O–H groups in total. The van der Waals surface area contributed by atoms with E-state index in [1.54, 1.807) is 0 Å². The normalized spacial score (nSPS) is 19.4. The van der Waals surface area contributed by atoms with Crippen molar-refractivity contribution in [1.82, 2.24) is 4.98 Å². The number of unbranched alkanes of at least 4 members (excludes halogenated alkanes) is 1. The lowest BCUT2D eigenvalue weighted by Crippen LogP contribution is -2.41. The number of hydrogen-bond acceptors (Lipinski definition) is 3. The molecule has 0 atom stereocenters. The molecule has 1 aliphatic rings. The van der Waals surface area contributed by atoms with Crippen molar-refractivity contribution in [2.45, 2.75) is 57.0 Å². The van der Waals surface area contributed by atoms with Crippen LogP contribution in [0.25, 0.3) is 10.9 Å². The Morgan fingerprint density at radius 1 is 0.966 bits per heavy atom. The lowest BCUT2D eigenvalue weighted by atomic mass is 9.90. The molecule has 1 heterocycles. The van der Waals surface area contributed by atoms with Crippen LogP contribution in [0.4, 0.5) is 5.69 Å². The van der Waals surface area contributed by atoms with Crippen LogP contribution in [-0.2, 0) is 6.42 Å². The number of nitrogens with zero attached hydrogens (tertiary/aromatic N) is 2. The first-order valence-electron chi connectivity index (χ1n) is 10.8. The molecule has 1 aliphatic carbocycles. The standard InChI is InChI=1S/C25H30ClN3/c26-20-9-14-23-24(18-20)28-16-15-25(23)29(22-12-10-21(27)11-13-22)17-5-4-8-19-6-2-1-3-7-19/h1-3,6-7,9,14-16,18,21-22H,4-5,8,10-13,17,27H2. The molecular weight excluding hydrogens is 378 g/mol. The van der Waals surface area contributed by atoms with Gasteiger partial charge in [0.15, 0.2) is 0 Å². The summed E-state index contributed by atoms with van der Waals surface area (Å²) in [6.45, 7) is 1.06. The van der Waals surface area contributed by atoms with Crippen molar-refractivity contribution < 1.29 is 0 Å². The van der Waals surface area contributed by atoms with Gasteiger partial charge in [0.2, 0.25) is 0 Å². The van der Waals surface area contributed by atoms with Crippen molar-refractivity contribution in [2.24, 2.45) is 5.73 Å². The number of fused-ring (bicyclic) bond motifs is 1. The van der Waals surface area contributed by atoms with Gasteiger partial charge in [-0.3, -0.25) is 4.98 Å². The van der Waals surface area contributed by atoms with Crippen molar-refractivity contribution in [2.75, 3.05) is 11.4 Å². The van der Waals surface area contributed by atoms with E-state index in [1.165, 1.54) is 29.5 Å². The summed E-state index contributed by atoms with van der Waals surface area (Å²) in [5.41, 5.74) is 9.86. The average Bonchev–Trinajstić information content (AvgIpc) is 2.75. The highest BCUT2D eigenvalue weighted by Crippen LogP contribution is 2.33. The Morgan fingerprint density at radius 2 is 1.76 bits per heavy atom. The molecule has 1 aromatic heterocycles. The first-order valence-corrected chi connectivity index (χ1v) is 11.2. The van der Waals surface area contributed by atoms with Crippen LogP contribution in [0.1, 0.15) is 44.1 Å². The number of benzene rings is 2. The minimum absolute atomic E-state index is 0.360. The van der Waals surface area contributed by atoms with E-state index in [4.69, 9.17) is 17.3 Å². The molecule has 1 saturated carbocycles. The Bertz CT molecular complexity index is 920. The number of rotatable bonds is 7. The van der Waals surface area contributed by atoms with Crippen LogP contribution in [-0.4, -0.2) is 23.6 Å². The molecule has 4 rings (SSSR count). The summed E-state index contributed by atoms with van der Waals surface area (Å²) in [7, 11) is 0. The van der Waals surface area contributed by atoms with Crippen molar-refractivity contribution >= 4 is 28.2 Å². The van der Waals surface area contributed by atoms with Crippen molar-refractivity contribution in [3.63, 3.8) is 0 Å². The Balaban J connectivity index is 1.52. The second-order valence-corrected chi connectivity index (χ2v) is 8.63. The van der Waals surface area contributed by atoms with Crippen molar-refractivity contribution in [1.29, 1.82) is 0 Å². The number of hydrogen-bond donors (Lipinski definition) is 1. The topological polar surface area (TPSA) is 42.1 Å². The maximum absolute atomic E-state index is 6.21. The van der Waals surface area contributed by atoms with Gasteiger partial charge in [-0.25, -0.2) is 0 Å². The second kappa shape index (κ2) is 9.60. The zero-order valence-electron chi connectivity index (χ0n) is 16.9. The fourth-order valence-electron chi connectivity index (χ4n) is 4.53. The van der Waals surface area contributed by atoms with Crippen LogP contribution in [0, 0.1) is 0 Å². The van der Waals surface area contributed by atoms with Crippen LogP contribution >= 0.6 is 11.6 Å². The summed E-state index contributed by atoms with van der Waals surface area (Å²) in [4.78, 5) is 7.17. The minimum Gasteiger partial charge on any atom is -0.368 e. The minimum atomic E-state index is 0.360. The Hall–Kier alpha value is -2.10. The number of aromatic nitrogens is 1. The van der Waals surface area contributed by atoms with E-state index in [-0.39, 0.29) is 0 Å². The Labute approximate surface area is 178 Å². The third-order valence-electron chi connectivity index (χ3n) is 6.13. The largest absolute Gasteiger partial charge is 0.368 e. The molecule has 0 amide bonds.